The minimum absolute atomic E-state index is 0.0819. The standard InChI is InChI=1S/C28H26Cl4N4O/c29-21-5-3-19(4-6-21)2-1-13-36(27(37)35-17-20-7-10-34-25(32)14-20)18-28(8-11-33-12-9-28)26-23(31)15-22(30)16-24(26)36/h1-7,10,14-16,33H,8-9,11-13,17-18H2/p+1/b2-1+. The van der Waals surface area contributed by atoms with Gasteiger partial charge < -0.3 is 10.6 Å². The molecule has 3 heterocycles. The van der Waals surface area contributed by atoms with E-state index in [1.54, 1.807) is 18.3 Å². The lowest BCUT2D eigenvalue weighted by Crippen LogP contribution is -2.60. The maximum atomic E-state index is 14.2. The predicted molar refractivity (Wildman–Crippen MR) is 154 cm³/mol. The number of halogens is 4. The first-order valence-corrected chi connectivity index (χ1v) is 13.7. The van der Waals surface area contributed by atoms with Gasteiger partial charge in [0.2, 0.25) is 0 Å². The fourth-order valence-electron chi connectivity index (χ4n) is 5.67. The molecule has 0 bridgehead atoms. The number of hydrogen-bond donors (Lipinski definition) is 2. The van der Waals surface area contributed by atoms with Crippen molar-refractivity contribution in [2.24, 2.45) is 0 Å². The highest BCUT2D eigenvalue weighted by molar-refractivity contribution is 6.36. The third-order valence-electron chi connectivity index (χ3n) is 7.38. The van der Waals surface area contributed by atoms with Gasteiger partial charge >= 0.3 is 6.03 Å². The van der Waals surface area contributed by atoms with E-state index in [4.69, 9.17) is 46.4 Å². The molecule has 1 unspecified atom stereocenters. The zero-order valence-corrected chi connectivity index (χ0v) is 23.1. The molecule has 2 aliphatic heterocycles. The molecule has 2 aliphatic rings. The molecule has 1 fully saturated rings. The van der Waals surface area contributed by atoms with Crippen LogP contribution in [0.15, 0.2) is 60.8 Å². The Morgan fingerprint density at radius 2 is 1.78 bits per heavy atom. The Kier molecular flexibility index (Phi) is 7.83. The molecule has 0 aliphatic carbocycles. The van der Waals surface area contributed by atoms with Gasteiger partial charge in [-0.05, 0) is 73.5 Å². The van der Waals surface area contributed by atoms with E-state index in [2.05, 4.69) is 15.6 Å². The lowest BCUT2D eigenvalue weighted by atomic mass is 9.74. The highest BCUT2D eigenvalue weighted by Gasteiger charge is 2.58. The van der Waals surface area contributed by atoms with Crippen molar-refractivity contribution < 1.29 is 4.79 Å². The Balaban J connectivity index is 1.55. The molecule has 2 amide bonds. The maximum absolute atomic E-state index is 14.2. The van der Waals surface area contributed by atoms with Crippen molar-refractivity contribution in [3.8, 4) is 0 Å². The van der Waals surface area contributed by atoms with Crippen LogP contribution in [-0.2, 0) is 12.0 Å². The largest absolute Gasteiger partial charge is 0.422 e. The van der Waals surface area contributed by atoms with E-state index < -0.39 is 0 Å². The van der Waals surface area contributed by atoms with Crippen molar-refractivity contribution in [2.45, 2.75) is 24.8 Å². The van der Waals surface area contributed by atoms with Gasteiger partial charge in [-0.25, -0.2) is 14.3 Å². The van der Waals surface area contributed by atoms with Crippen LogP contribution in [0.2, 0.25) is 20.2 Å². The van der Waals surface area contributed by atoms with Gasteiger partial charge in [-0.2, -0.15) is 0 Å². The molecular formula is C28H27Cl4N4O+. The molecule has 2 aromatic carbocycles. The molecule has 1 spiro atoms. The summed E-state index contributed by atoms with van der Waals surface area (Å²) < 4.78 is 0.0819. The maximum Gasteiger partial charge on any atom is 0.422 e. The summed E-state index contributed by atoms with van der Waals surface area (Å²) >= 11 is 25.5. The summed E-state index contributed by atoms with van der Waals surface area (Å²) in [5.74, 6) is 0. The summed E-state index contributed by atoms with van der Waals surface area (Å²) in [5.41, 5.74) is 3.58. The molecule has 2 N–H and O–H groups in total. The SMILES string of the molecule is O=C(NCc1ccnc(Cl)c1)[N+]1(C/C=C/c2ccc(Cl)cc2)CC2(CCNCC2)c2c(Cl)cc(Cl)cc21. The average molecular weight is 577 g/mol. The number of quaternary nitrogens is 1. The number of nitrogens with one attached hydrogen (secondary N) is 2. The number of carbonyl (C=O) groups is 1. The Hall–Kier alpha value is -2.12. The van der Waals surface area contributed by atoms with Gasteiger partial charge in [0.05, 0.1) is 10.4 Å². The van der Waals surface area contributed by atoms with Gasteiger partial charge in [-0.15, -0.1) is 0 Å². The van der Waals surface area contributed by atoms with E-state index in [-0.39, 0.29) is 15.9 Å². The molecule has 1 atom stereocenters. The summed E-state index contributed by atoms with van der Waals surface area (Å²) in [6.45, 7) is 3.13. The van der Waals surface area contributed by atoms with Crippen LogP contribution in [0.25, 0.3) is 6.08 Å². The molecule has 192 valence electrons. The number of amides is 2. The number of nitrogens with zero attached hydrogens (tertiary/aromatic N) is 2. The third-order valence-corrected chi connectivity index (χ3v) is 8.35. The molecule has 9 heteroatoms. The predicted octanol–water partition coefficient (Wildman–Crippen LogP) is 7.26. The Labute approximate surface area is 237 Å². The number of piperidine rings is 1. The first-order valence-electron chi connectivity index (χ1n) is 12.2. The summed E-state index contributed by atoms with van der Waals surface area (Å²) in [6.07, 6.45) is 7.50. The van der Waals surface area contributed by atoms with Crippen LogP contribution < -0.4 is 15.1 Å². The number of fused-ring (bicyclic) bond motifs is 2. The van der Waals surface area contributed by atoms with Crippen molar-refractivity contribution in [1.82, 2.24) is 20.1 Å². The summed E-state index contributed by atoms with van der Waals surface area (Å²) in [4.78, 5) is 18.2. The monoisotopic (exact) mass is 575 g/mol. The smallest absolute Gasteiger partial charge is 0.317 e. The number of urea groups is 1. The number of carbonyl (C=O) groups excluding carboxylic acids is 1. The lowest BCUT2D eigenvalue weighted by molar-refractivity contribution is 0.189. The first-order chi connectivity index (χ1) is 17.8. The van der Waals surface area contributed by atoms with Crippen LogP contribution in [0.3, 0.4) is 0 Å². The van der Waals surface area contributed by atoms with Crippen molar-refractivity contribution in [2.75, 3.05) is 26.2 Å². The van der Waals surface area contributed by atoms with Crippen LogP contribution in [-0.4, -0.2) is 37.2 Å². The van der Waals surface area contributed by atoms with Crippen LogP contribution in [0.5, 0.6) is 0 Å². The minimum atomic E-state index is -0.215. The topological polar surface area (TPSA) is 54.0 Å². The molecule has 1 aromatic heterocycles. The average Bonchev–Trinajstić information content (AvgIpc) is 3.14. The molecule has 0 saturated carbocycles. The number of benzene rings is 2. The van der Waals surface area contributed by atoms with E-state index in [9.17, 15) is 4.79 Å². The number of pyridine rings is 1. The second kappa shape index (κ2) is 10.9. The Bertz CT molecular complexity index is 1340. The Morgan fingerprint density at radius 3 is 2.51 bits per heavy atom. The molecule has 37 heavy (non-hydrogen) atoms. The summed E-state index contributed by atoms with van der Waals surface area (Å²) in [7, 11) is 0. The van der Waals surface area contributed by atoms with Crippen LogP contribution >= 0.6 is 46.4 Å². The van der Waals surface area contributed by atoms with Gasteiger partial charge in [0.25, 0.3) is 0 Å². The molecule has 0 radical (unpaired) electrons. The number of hydrogen-bond acceptors (Lipinski definition) is 3. The highest BCUT2D eigenvalue weighted by atomic mass is 35.5. The first kappa shape index (κ1) is 26.5. The molecule has 5 rings (SSSR count). The van der Waals surface area contributed by atoms with Crippen molar-refractivity contribution in [3.63, 3.8) is 0 Å². The van der Waals surface area contributed by atoms with Crippen molar-refractivity contribution in [3.05, 3.63) is 97.7 Å². The highest BCUT2D eigenvalue weighted by Crippen LogP contribution is 2.53. The third kappa shape index (κ3) is 5.40. The second-order valence-electron chi connectivity index (χ2n) is 9.72. The Morgan fingerprint density at radius 1 is 1.03 bits per heavy atom. The summed E-state index contributed by atoms with van der Waals surface area (Å²) in [6, 6.07) is 14.8. The number of rotatable bonds is 5. The normalized spacial score (nSPS) is 20.3. The quantitative estimate of drug-likeness (QED) is 0.248. The molecule has 5 nitrogen and oxygen atoms in total. The zero-order valence-electron chi connectivity index (χ0n) is 20.1. The summed E-state index contributed by atoms with van der Waals surface area (Å²) in [5, 5.41) is 8.83. The zero-order chi connectivity index (χ0) is 26.0. The van der Waals surface area contributed by atoms with Gasteiger partial charge in [-0.1, -0.05) is 64.6 Å². The van der Waals surface area contributed by atoms with Gasteiger partial charge in [0.1, 0.15) is 23.9 Å². The van der Waals surface area contributed by atoms with Crippen LogP contribution in [0.1, 0.15) is 29.5 Å². The van der Waals surface area contributed by atoms with E-state index in [1.807, 2.05) is 48.6 Å². The van der Waals surface area contributed by atoms with E-state index >= 15 is 0 Å². The van der Waals surface area contributed by atoms with E-state index in [0.717, 1.165) is 48.3 Å². The fraction of sp³-hybridized carbons (Fsp3) is 0.286. The fourth-order valence-corrected chi connectivity index (χ4v) is 6.67. The van der Waals surface area contributed by atoms with Crippen LogP contribution in [0, 0.1) is 0 Å². The van der Waals surface area contributed by atoms with E-state index in [1.165, 1.54) is 0 Å². The van der Waals surface area contributed by atoms with Crippen LogP contribution in [0.4, 0.5) is 10.5 Å². The van der Waals surface area contributed by atoms with Crippen molar-refractivity contribution >= 4 is 64.2 Å². The van der Waals surface area contributed by atoms with Gasteiger partial charge in [-0.3, -0.25) is 0 Å². The molecular weight excluding hydrogens is 550 g/mol. The minimum Gasteiger partial charge on any atom is -0.317 e. The molecule has 3 aromatic rings. The lowest BCUT2D eigenvalue weighted by Gasteiger charge is -2.36. The van der Waals surface area contributed by atoms with Gasteiger partial charge in [0, 0.05) is 34.4 Å². The molecule has 1 saturated heterocycles. The second-order valence-corrected chi connectivity index (χ2v) is 11.4. The van der Waals surface area contributed by atoms with Crippen molar-refractivity contribution in [1.29, 1.82) is 0 Å². The number of aromatic nitrogens is 1. The van der Waals surface area contributed by atoms with Gasteiger partial charge in [0.15, 0.2) is 0 Å². The van der Waals surface area contributed by atoms with E-state index in [0.29, 0.717) is 39.9 Å².